The molecule has 0 spiro atoms. The van der Waals surface area contributed by atoms with Crippen LogP contribution in [0.4, 0.5) is 5.69 Å². The van der Waals surface area contributed by atoms with Gasteiger partial charge in [-0.2, -0.15) is 0 Å². The maximum Gasteiger partial charge on any atom is 0.255 e. The van der Waals surface area contributed by atoms with Gasteiger partial charge >= 0.3 is 0 Å². The minimum Gasteiger partial charge on any atom is -0.493 e. The van der Waals surface area contributed by atoms with E-state index < -0.39 is 0 Å². The van der Waals surface area contributed by atoms with Crippen LogP contribution in [0.15, 0.2) is 30.3 Å². The number of benzene rings is 2. The molecule has 0 heterocycles. The Bertz CT molecular complexity index is 788. The average molecular weight is 373 g/mol. The van der Waals surface area contributed by atoms with Gasteiger partial charge in [0.2, 0.25) is 0 Å². The van der Waals surface area contributed by atoms with Crippen LogP contribution in [0, 0.1) is 6.92 Å². The van der Waals surface area contributed by atoms with E-state index in [1.165, 1.54) is 0 Å². The number of ether oxygens (including phenoxy) is 4. The summed E-state index contributed by atoms with van der Waals surface area (Å²) < 4.78 is 21.9. The van der Waals surface area contributed by atoms with Crippen LogP contribution in [0.5, 0.6) is 23.0 Å². The van der Waals surface area contributed by atoms with Gasteiger partial charge in [0.25, 0.3) is 5.91 Å². The van der Waals surface area contributed by atoms with E-state index in [2.05, 4.69) is 5.32 Å². The summed E-state index contributed by atoms with van der Waals surface area (Å²) in [5, 5.41) is 2.91. The fraction of sp³-hybridized carbons (Fsp3) is 0.381. The molecule has 0 aromatic heterocycles. The highest BCUT2D eigenvalue weighted by molar-refractivity contribution is 6.05. The number of aryl methyl sites for hydroxylation is 1. The molecule has 1 amide bonds. The molecule has 27 heavy (non-hydrogen) atoms. The minimum absolute atomic E-state index is 0.242. The van der Waals surface area contributed by atoms with E-state index >= 15 is 0 Å². The van der Waals surface area contributed by atoms with Crippen LogP contribution < -0.4 is 24.3 Å². The van der Waals surface area contributed by atoms with E-state index in [9.17, 15) is 4.79 Å². The predicted molar refractivity (Wildman–Crippen MR) is 106 cm³/mol. The van der Waals surface area contributed by atoms with E-state index in [4.69, 9.17) is 18.9 Å². The van der Waals surface area contributed by atoms with Gasteiger partial charge in [0.15, 0.2) is 23.0 Å². The lowest BCUT2D eigenvalue weighted by molar-refractivity contribution is 0.102. The lowest BCUT2D eigenvalue weighted by Gasteiger charge is -2.15. The second-order valence-electron chi connectivity index (χ2n) is 5.92. The zero-order chi connectivity index (χ0) is 19.8. The highest BCUT2D eigenvalue weighted by Crippen LogP contribution is 2.34. The monoisotopic (exact) mass is 373 g/mol. The first-order chi connectivity index (χ1) is 13.0. The molecule has 6 nitrogen and oxygen atoms in total. The Labute approximate surface area is 160 Å². The van der Waals surface area contributed by atoms with Crippen LogP contribution in [0.25, 0.3) is 0 Å². The summed E-state index contributed by atoms with van der Waals surface area (Å²) in [6.45, 7) is 6.90. The Kier molecular flexibility index (Phi) is 7.34. The second kappa shape index (κ2) is 9.71. The van der Waals surface area contributed by atoms with Crippen LogP contribution in [-0.2, 0) is 0 Å². The van der Waals surface area contributed by atoms with Crippen molar-refractivity contribution in [1.29, 1.82) is 0 Å². The van der Waals surface area contributed by atoms with Crippen LogP contribution in [0.2, 0.25) is 0 Å². The number of amides is 1. The van der Waals surface area contributed by atoms with Gasteiger partial charge in [0.05, 0.1) is 27.4 Å². The molecule has 6 heteroatoms. The van der Waals surface area contributed by atoms with Crippen LogP contribution in [-0.4, -0.2) is 33.3 Å². The van der Waals surface area contributed by atoms with Crippen molar-refractivity contribution < 1.29 is 23.7 Å². The summed E-state index contributed by atoms with van der Waals surface area (Å²) in [5.74, 6) is 2.12. The molecule has 2 aromatic carbocycles. The van der Waals surface area contributed by atoms with Gasteiger partial charge in [-0.25, -0.2) is 0 Å². The summed E-state index contributed by atoms with van der Waals surface area (Å²) in [4.78, 5) is 12.7. The molecular weight excluding hydrogens is 346 g/mol. The lowest BCUT2D eigenvalue weighted by atomic mass is 10.1. The number of nitrogens with one attached hydrogen (secondary N) is 1. The van der Waals surface area contributed by atoms with Gasteiger partial charge in [0.1, 0.15) is 0 Å². The quantitative estimate of drug-likeness (QED) is 0.703. The Morgan fingerprint density at radius 3 is 2.26 bits per heavy atom. The van der Waals surface area contributed by atoms with Gasteiger partial charge in [-0.15, -0.1) is 0 Å². The Morgan fingerprint density at radius 2 is 1.63 bits per heavy atom. The Morgan fingerprint density at radius 1 is 0.926 bits per heavy atom. The molecule has 0 saturated carbocycles. The van der Waals surface area contributed by atoms with Gasteiger partial charge in [-0.3, -0.25) is 4.79 Å². The highest BCUT2D eigenvalue weighted by atomic mass is 16.5. The molecule has 0 fully saturated rings. The largest absolute Gasteiger partial charge is 0.493 e. The molecule has 0 bridgehead atoms. The zero-order valence-electron chi connectivity index (χ0n) is 16.5. The van der Waals surface area contributed by atoms with Crippen LogP contribution in [0.1, 0.15) is 36.2 Å². The van der Waals surface area contributed by atoms with Crippen molar-refractivity contribution in [1.82, 2.24) is 0 Å². The molecule has 1 N–H and O–H groups in total. The fourth-order valence-corrected chi connectivity index (χ4v) is 2.56. The smallest absolute Gasteiger partial charge is 0.255 e. The minimum atomic E-state index is -0.242. The van der Waals surface area contributed by atoms with Gasteiger partial charge in [-0.05, 0) is 50.1 Å². The molecule has 0 aliphatic rings. The molecule has 2 aromatic rings. The van der Waals surface area contributed by atoms with Crippen molar-refractivity contribution in [3.63, 3.8) is 0 Å². The number of methoxy groups -OCH3 is 2. The van der Waals surface area contributed by atoms with E-state index in [1.807, 2.05) is 26.8 Å². The topological polar surface area (TPSA) is 66.0 Å². The van der Waals surface area contributed by atoms with Gasteiger partial charge in [0, 0.05) is 17.3 Å². The van der Waals surface area contributed by atoms with Gasteiger partial charge in [-0.1, -0.05) is 6.92 Å². The molecule has 0 atom stereocenters. The van der Waals surface area contributed by atoms with Crippen LogP contribution in [0.3, 0.4) is 0 Å². The summed E-state index contributed by atoms with van der Waals surface area (Å²) in [5.41, 5.74) is 2.01. The first-order valence-electron chi connectivity index (χ1n) is 8.97. The fourth-order valence-electron chi connectivity index (χ4n) is 2.56. The van der Waals surface area contributed by atoms with E-state index in [1.54, 1.807) is 38.5 Å². The molecule has 0 saturated heterocycles. The number of carbonyl (C=O) groups is 1. The van der Waals surface area contributed by atoms with E-state index in [0.717, 1.165) is 12.0 Å². The maximum absolute atomic E-state index is 12.7. The predicted octanol–water partition coefficient (Wildman–Crippen LogP) is 4.45. The average Bonchev–Trinajstić information content (AvgIpc) is 2.68. The summed E-state index contributed by atoms with van der Waals surface area (Å²) in [6, 6.07) is 8.74. The lowest BCUT2D eigenvalue weighted by Crippen LogP contribution is -2.13. The van der Waals surface area contributed by atoms with Crippen LogP contribution >= 0.6 is 0 Å². The summed E-state index contributed by atoms with van der Waals surface area (Å²) >= 11 is 0. The van der Waals surface area contributed by atoms with Crippen molar-refractivity contribution in [2.45, 2.75) is 27.2 Å². The number of rotatable bonds is 9. The highest BCUT2D eigenvalue weighted by Gasteiger charge is 2.15. The van der Waals surface area contributed by atoms with Gasteiger partial charge < -0.3 is 24.3 Å². The third-order valence-corrected chi connectivity index (χ3v) is 3.95. The molecule has 146 valence electrons. The number of carbonyl (C=O) groups excluding carboxylic acids is 1. The molecule has 0 radical (unpaired) electrons. The first kappa shape index (κ1) is 20.4. The number of anilines is 1. The SMILES string of the molecule is CCCOc1ccc(C(=O)Nc2cc(OC)c(OC)cc2C)cc1OCC. The van der Waals surface area contributed by atoms with Crippen molar-refractivity contribution in [2.24, 2.45) is 0 Å². The van der Waals surface area contributed by atoms with Crippen molar-refractivity contribution in [3.05, 3.63) is 41.5 Å². The molecule has 0 aliphatic carbocycles. The Hall–Kier alpha value is -2.89. The third kappa shape index (κ3) is 5.06. The third-order valence-electron chi connectivity index (χ3n) is 3.95. The zero-order valence-corrected chi connectivity index (χ0v) is 16.5. The van der Waals surface area contributed by atoms with Crippen molar-refractivity contribution >= 4 is 11.6 Å². The van der Waals surface area contributed by atoms with E-state index in [-0.39, 0.29) is 5.91 Å². The van der Waals surface area contributed by atoms with Crippen molar-refractivity contribution in [3.8, 4) is 23.0 Å². The van der Waals surface area contributed by atoms with E-state index in [0.29, 0.717) is 47.5 Å². The summed E-state index contributed by atoms with van der Waals surface area (Å²) in [6.07, 6.45) is 0.895. The normalized spacial score (nSPS) is 10.3. The standard InChI is InChI=1S/C21H27NO5/c1-6-10-27-17-9-8-15(12-20(17)26-7-2)21(23)22-16-13-19(25-5)18(24-4)11-14(16)3/h8-9,11-13H,6-7,10H2,1-5H3,(H,22,23). The molecule has 0 aliphatic heterocycles. The number of hydrogen-bond acceptors (Lipinski definition) is 5. The number of hydrogen-bond donors (Lipinski definition) is 1. The first-order valence-corrected chi connectivity index (χ1v) is 8.97. The second-order valence-corrected chi connectivity index (χ2v) is 5.92. The molecule has 0 unspecified atom stereocenters. The molecular formula is C21H27NO5. The maximum atomic E-state index is 12.7. The Balaban J connectivity index is 2.26. The molecule has 2 rings (SSSR count). The van der Waals surface area contributed by atoms with Crippen molar-refractivity contribution in [2.75, 3.05) is 32.8 Å². The summed E-state index contributed by atoms with van der Waals surface area (Å²) in [7, 11) is 3.13.